The number of rotatable bonds is 6. The molecule has 0 spiro atoms. The molecule has 0 aromatic carbocycles. The molecule has 0 radical (unpaired) electrons. The van der Waals surface area contributed by atoms with Crippen molar-refractivity contribution in [2.75, 3.05) is 17.2 Å². The van der Waals surface area contributed by atoms with Gasteiger partial charge in [-0.3, -0.25) is 0 Å². The van der Waals surface area contributed by atoms with Gasteiger partial charge in [0.1, 0.15) is 23.7 Å². The Morgan fingerprint density at radius 1 is 1.11 bits per heavy atom. The van der Waals surface area contributed by atoms with Crippen molar-refractivity contribution < 1.29 is 4.42 Å². The van der Waals surface area contributed by atoms with E-state index in [1.807, 2.05) is 20.8 Å². The minimum absolute atomic E-state index is 0.517. The van der Waals surface area contributed by atoms with E-state index in [9.17, 15) is 0 Å². The molecule has 2 heterocycles. The molecule has 0 bridgehead atoms. The highest BCUT2D eigenvalue weighted by Crippen LogP contribution is 2.18. The quantitative estimate of drug-likeness (QED) is 0.831. The summed E-state index contributed by atoms with van der Waals surface area (Å²) in [5.74, 6) is 3.20. The molecule has 0 aliphatic carbocycles. The minimum atomic E-state index is 0.517. The van der Waals surface area contributed by atoms with Crippen LogP contribution < -0.4 is 10.6 Å². The van der Waals surface area contributed by atoms with E-state index in [0.29, 0.717) is 12.4 Å². The predicted molar refractivity (Wildman–Crippen MR) is 74.1 cm³/mol. The molecule has 0 unspecified atom stereocenters. The molecule has 2 aromatic rings. The standard InChI is InChI=1S/C13H19N5O/c1-4-10-6-15-11(19-10)7-16-13-9(3)12(14-5-2)17-8-18-13/h6,8H,4-5,7H2,1-3H3,(H2,14,16,17,18). The first-order valence-corrected chi connectivity index (χ1v) is 6.47. The molecule has 0 atom stereocenters. The molecule has 0 saturated heterocycles. The van der Waals surface area contributed by atoms with Crippen molar-refractivity contribution in [2.45, 2.75) is 33.7 Å². The van der Waals surface area contributed by atoms with Gasteiger partial charge in [0.25, 0.3) is 0 Å². The largest absolute Gasteiger partial charge is 0.444 e. The van der Waals surface area contributed by atoms with E-state index in [4.69, 9.17) is 4.42 Å². The Labute approximate surface area is 112 Å². The van der Waals surface area contributed by atoms with Gasteiger partial charge in [-0.15, -0.1) is 0 Å². The van der Waals surface area contributed by atoms with Crippen LogP contribution in [0, 0.1) is 6.92 Å². The molecule has 2 N–H and O–H groups in total. The Hall–Kier alpha value is -2.11. The number of aryl methyl sites for hydroxylation is 1. The minimum Gasteiger partial charge on any atom is -0.444 e. The molecule has 0 aliphatic rings. The SMILES string of the molecule is CCNc1ncnc(NCc2ncc(CC)o2)c1C. The molecule has 2 aromatic heterocycles. The average molecular weight is 261 g/mol. The fraction of sp³-hybridized carbons (Fsp3) is 0.462. The lowest BCUT2D eigenvalue weighted by Gasteiger charge is -2.10. The first-order valence-electron chi connectivity index (χ1n) is 6.47. The second-order valence-corrected chi connectivity index (χ2v) is 4.15. The van der Waals surface area contributed by atoms with E-state index < -0.39 is 0 Å². The van der Waals surface area contributed by atoms with Crippen molar-refractivity contribution in [3.8, 4) is 0 Å². The third-order valence-electron chi connectivity index (χ3n) is 2.79. The van der Waals surface area contributed by atoms with E-state index in [1.54, 1.807) is 12.5 Å². The maximum atomic E-state index is 5.54. The molecule has 0 saturated carbocycles. The summed E-state index contributed by atoms with van der Waals surface area (Å²) in [6.45, 7) is 7.40. The van der Waals surface area contributed by atoms with Crippen LogP contribution in [0.1, 0.15) is 31.1 Å². The summed E-state index contributed by atoms with van der Waals surface area (Å²) < 4.78 is 5.54. The number of hydrogen-bond donors (Lipinski definition) is 2. The summed E-state index contributed by atoms with van der Waals surface area (Å²) in [7, 11) is 0. The van der Waals surface area contributed by atoms with Gasteiger partial charge >= 0.3 is 0 Å². The number of aromatic nitrogens is 3. The Bertz CT molecular complexity index is 538. The van der Waals surface area contributed by atoms with Crippen molar-refractivity contribution in [1.29, 1.82) is 0 Å². The zero-order chi connectivity index (χ0) is 13.7. The zero-order valence-corrected chi connectivity index (χ0v) is 11.5. The number of anilines is 2. The summed E-state index contributed by atoms with van der Waals surface area (Å²) in [5, 5.41) is 6.42. The lowest BCUT2D eigenvalue weighted by Crippen LogP contribution is -2.08. The fourth-order valence-electron chi connectivity index (χ4n) is 1.73. The lowest BCUT2D eigenvalue weighted by molar-refractivity contribution is 0.465. The highest BCUT2D eigenvalue weighted by molar-refractivity contribution is 5.56. The second kappa shape index (κ2) is 6.17. The predicted octanol–water partition coefficient (Wildman–Crippen LogP) is 2.38. The van der Waals surface area contributed by atoms with Crippen LogP contribution in [0.5, 0.6) is 0 Å². The van der Waals surface area contributed by atoms with Gasteiger partial charge in [0.2, 0.25) is 5.89 Å². The number of hydrogen-bond acceptors (Lipinski definition) is 6. The maximum absolute atomic E-state index is 5.54. The zero-order valence-electron chi connectivity index (χ0n) is 11.5. The van der Waals surface area contributed by atoms with Crippen molar-refractivity contribution in [3.05, 3.63) is 29.7 Å². The summed E-state index contributed by atoms with van der Waals surface area (Å²) in [6, 6.07) is 0. The Morgan fingerprint density at radius 3 is 2.47 bits per heavy atom. The van der Waals surface area contributed by atoms with E-state index in [1.165, 1.54) is 0 Å². The number of nitrogens with one attached hydrogen (secondary N) is 2. The van der Waals surface area contributed by atoms with Gasteiger partial charge < -0.3 is 15.1 Å². The highest BCUT2D eigenvalue weighted by Gasteiger charge is 2.07. The van der Waals surface area contributed by atoms with Crippen molar-refractivity contribution >= 4 is 11.6 Å². The van der Waals surface area contributed by atoms with Crippen molar-refractivity contribution in [2.24, 2.45) is 0 Å². The average Bonchev–Trinajstić information content (AvgIpc) is 2.88. The number of oxazole rings is 1. The number of nitrogens with zero attached hydrogens (tertiary/aromatic N) is 3. The summed E-state index contributed by atoms with van der Waals surface area (Å²) >= 11 is 0. The van der Waals surface area contributed by atoms with E-state index in [0.717, 1.165) is 35.9 Å². The molecule has 0 amide bonds. The van der Waals surface area contributed by atoms with Gasteiger partial charge in [-0.05, 0) is 13.8 Å². The third kappa shape index (κ3) is 3.21. The van der Waals surface area contributed by atoms with Crippen LogP contribution in [0.3, 0.4) is 0 Å². The van der Waals surface area contributed by atoms with Gasteiger partial charge in [0.15, 0.2) is 0 Å². The van der Waals surface area contributed by atoms with Crippen LogP contribution in [0.15, 0.2) is 16.9 Å². The monoisotopic (exact) mass is 261 g/mol. The Morgan fingerprint density at radius 2 is 1.84 bits per heavy atom. The molecule has 0 aliphatic heterocycles. The van der Waals surface area contributed by atoms with E-state index >= 15 is 0 Å². The molecular formula is C13H19N5O. The fourth-order valence-corrected chi connectivity index (χ4v) is 1.73. The molecule has 6 heteroatoms. The Balaban J connectivity index is 2.04. The van der Waals surface area contributed by atoms with Crippen molar-refractivity contribution in [1.82, 2.24) is 15.0 Å². The van der Waals surface area contributed by atoms with Crippen LogP contribution in [0.25, 0.3) is 0 Å². The molecule has 102 valence electrons. The molecule has 0 fully saturated rings. The van der Waals surface area contributed by atoms with Crippen molar-refractivity contribution in [3.63, 3.8) is 0 Å². The normalized spacial score (nSPS) is 10.5. The molecule has 2 rings (SSSR count). The lowest BCUT2D eigenvalue weighted by atomic mass is 10.3. The van der Waals surface area contributed by atoms with Crippen LogP contribution in [-0.2, 0) is 13.0 Å². The summed E-state index contributed by atoms with van der Waals surface area (Å²) in [5.41, 5.74) is 0.992. The van der Waals surface area contributed by atoms with Gasteiger partial charge in [-0.1, -0.05) is 6.92 Å². The van der Waals surface area contributed by atoms with Crippen LogP contribution in [-0.4, -0.2) is 21.5 Å². The Kier molecular flexibility index (Phi) is 4.33. The summed E-state index contributed by atoms with van der Waals surface area (Å²) in [6.07, 6.45) is 4.15. The van der Waals surface area contributed by atoms with Gasteiger partial charge in [0, 0.05) is 18.5 Å². The van der Waals surface area contributed by atoms with E-state index in [-0.39, 0.29) is 0 Å². The summed E-state index contributed by atoms with van der Waals surface area (Å²) in [4.78, 5) is 12.6. The third-order valence-corrected chi connectivity index (χ3v) is 2.79. The van der Waals surface area contributed by atoms with Crippen LogP contribution in [0.4, 0.5) is 11.6 Å². The first-order chi connectivity index (χ1) is 9.24. The smallest absolute Gasteiger partial charge is 0.213 e. The maximum Gasteiger partial charge on any atom is 0.213 e. The topological polar surface area (TPSA) is 75.9 Å². The van der Waals surface area contributed by atoms with Gasteiger partial charge in [0.05, 0.1) is 12.7 Å². The molecule has 19 heavy (non-hydrogen) atoms. The first kappa shape index (κ1) is 13.3. The molecular weight excluding hydrogens is 242 g/mol. The van der Waals surface area contributed by atoms with Gasteiger partial charge in [-0.25, -0.2) is 15.0 Å². The van der Waals surface area contributed by atoms with Gasteiger partial charge in [-0.2, -0.15) is 0 Å². The van der Waals surface area contributed by atoms with Crippen LogP contribution in [0.2, 0.25) is 0 Å². The second-order valence-electron chi connectivity index (χ2n) is 4.15. The highest BCUT2D eigenvalue weighted by atomic mass is 16.4. The molecule has 6 nitrogen and oxygen atoms in total. The van der Waals surface area contributed by atoms with E-state index in [2.05, 4.69) is 25.6 Å². The van der Waals surface area contributed by atoms with Crippen LogP contribution >= 0.6 is 0 Å².